The van der Waals surface area contributed by atoms with E-state index in [1.54, 1.807) is 6.07 Å². The van der Waals surface area contributed by atoms with Crippen molar-refractivity contribution in [2.45, 2.75) is 37.3 Å². The first-order chi connectivity index (χ1) is 15.8. The zero-order valence-corrected chi connectivity index (χ0v) is 20.3. The maximum Gasteiger partial charge on any atom is 0.254 e. The van der Waals surface area contributed by atoms with Crippen molar-refractivity contribution in [3.8, 4) is 0 Å². The number of hydrogen-bond acceptors (Lipinski definition) is 4. The Hall–Kier alpha value is -1.69. The molecule has 0 spiro atoms. The van der Waals surface area contributed by atoms with Crippen LogP contribution in [-0.4, -0.2) is 60.3 Å². The molecule has 3 N–H and O–H groups in total. The summed E-state index contributed by atoms with van der Waals surface area (Å²) in [5.41, 5.74) is -1.09. The van der Waals surface area contributed by atoms with E-state index in [4.69, 9.17) is 0 Å². The van der Waals surface area contributed by atoms with Crippen LogP contribution in [0.15, 0.2) is 30.3 Å². The largest absolute Gasteiger partial charge is 0.385 e. The molecule has 0 aliphatic carbocycles. The van der Waals surface area contributed by atoms with Crippen molar-refractivity contribution in [1.82, 2.24) is 15.5 Å². The molecule has 0 aromatic heterocycles. The topological polar surface area (TPSA) is 64.6 Å². The zero-order valence-electron chi connectivity index (χ0n) is 18.1. The van der Waals surface area contributed by atoms with E-state index in [2.05, 4.69) is 10.6 Å². The monoisotopic (exact) mass is 573 g/mol. The number of halogens is 4. The van der Waals surface area contributed by atoms with Crippen LogP contribution in [0.5, 0.6) is 0 Å². The number of β-amino-alcohol motifs (C(OH)–C–C–N with tert-alkyl or cyclic N) is 1. The van der Waals surface area contributed by atoms with Gasteiger partial charge < -0.3 is 20.6 Å². The van der Waals surface area contributed by atoms with Crippen molar-refractivity contribution in [2.24, 2.45) is 0 Å². The van der Waals surface area contributed by atoms with Gasteiger partial charge in [0.05, 0.1) is 13.1 Å². The summed E-state index contributed by atoms with van der Waals surface area (Å²) >= 11 is 1.96. The van der Waals surface area contributed by atoms with Gasteiger partial charge in [-0.25, -0.2) is 13.2 Å². The summed E-state index contributed by atoms with van der Waals surface area (Å²) in [5.74, 6) is -3.29. The Morgan fingerprint density at radius 3 is 2.73 bits per heavy atom. The molecule has 2 heterocycles. The lowest BCUT2D eigenvalue weighted by molar-refractivity contribution is -0.0798. The summed E-state index contributed by atoms with van der Waals surface area (Å²) in [6.45, 7) is 2.37. The second-order valence-electron chi connectivity index (χ2n) is 8.96. The minimum atomic E-state index is -1.16. The molecule has 4 rings (SSSR count). The molecule has 2 aromatic carbocycles. The molecule has 0 bridgehead atoms. The standard InChI is InChI=1S/C24H27F3IN3O2/c25-20-7-6-18(19(22(20)27)9-15-4-5-16(28)10-21(15)26)23(32)31-13-24(33,14-31)12-30-17-3-1-2-8-29-11-17/h4-7,10,17,29-30,33H,1-3,8-9,11-14H2. The predicted molar refractivity (Wildman–Crippen MR) is 128 cm³/mol. The lowest BCUT2D eigenvalue weighted by Gasteiger charge is -2.47. The van der Waals surface area contributed by atoms with Crippen LogP contribution in [0.25, 0.3) is 0 Å². The van der Waals surface area contributed by atoms with Crippen LogP contribution in [0.2, 0.25) is 0 Å². The SMILES string of the molecule is O=C(c1ccc(F)c(F)c1Cc1ccc(I)cc1F)N1CC(O)(CNC2CCCCNC2)C1. The number of likely N-dealkylation sites (tertiary alicyclic amines) is 1. The minimum absolute atomic E-state index is 0.0187. The Kier molecular flexibility index (Phi) is 7.62. The fourth-order valence-corrected chi connectivity index (χ4v) is 4.89. The number of nitrogens with zero attached hydrogens (tertiary/aromatic N) is 1. The summed E-state index contributed by atoms with van der Waals surface area (Å²) in [6, 6.07) is 6.89. The fourth-order valence-electron chi connectivity index (χ4n) is 4.44. The second-order valence-corrected chi connectivity index (χ2v) is 10.2. The van der Waals surface area contributed by atoms with Gasteiger partial charge in [0.25, 0.3) is 5.91 Å². The molecule has 2 aliphatic rings. The van der Waals surface area contributed by atoms with E-state index in [9.17, 15) is 23.1 Å². The van der Waals surface area contributed by atoms with E-state index in [1.807, 2.05) is 22.6 Å². The summed E-state index contributed by atoms with van der Waals surface area (Å²) in [6.07, 6.45) is 3.03. The molecular formula is C24H27F3IN3O2. The minimum Gasteiger partial charge on any atom is -0.385 e. The fraction of sp³-hybridized carbons (Fsp3) is 0.458. The van der Waals surface area contributed by atoms with Crippen LogP contribution >= 0.6 is 22.6 Å². The first-order valence-corrected chi connectivity index (χ1v) is 12.2. The van der Waals surface area contributed by atoms with E-state index in [0.717, 1.165) is 38.4 Å². The van der Waals surface area contributed by atoms with Gasteiger partial charge >= 0.3 is 0 Å². The number of rotatable bonds is 6. The molecule has 33 heavy (non-hydrogen) atoms. The van der Waals surface area contributed by atoms with Crippen LogP contribution in [0, 0.1) is 21.0 Å². The van der Waals surface area contributed by atoms with Crippen LogP contribution in [-0.2, 0) is 6.42 Å². The van der Waals surface area contributed by atoms with Crippen molar-refractivity contribution < 1.29 is 23.1 Å². The number of amides is 1. The highest BCUT2D eigenvalue weighted by molar-refractivity contribution is 14.1. The smallest absolute Gasteiger partial charge is 0.254 e. The van der Waals surface area contributed by atoms with Crippen LogP contribution in [0.4, 0.5) is 13.2 Å². The lowest BCUT2D eigenvalue weighted by atomic mass is 9.91. The molecule has 1 amide bonds. The van der Waals surface area contributed by atoms with E-state index in [0.29, 0.717) is 10.1 Å². The first-order valence-electron chi connectivity index (χ1n) is 11.1. The molecule has 2 fully saturated rings. The molecule has 1 atom stereocenters. The first kappa shape index (κ1) is 24.4. The highest BCUT2D eigenvalue weighted by atomic mass is 127. The van der Waals surface area contributed by atoms with Crippen molar-refractivity contribution in [1.29, 1.82) is 0 Å². The second kappa shape index (κ2) is 10.3. The van der Waals surface area contributed by atoms with Gasteiger partial charge in [-0.15, -0.1) is 0 Å². The number of nitrogens with one attached hydrogen (secondary N) is 2. The van der Waals surface area contributed by atoms with Gasteiger partial charge in [0.2, 0.25) is 0 Å². The average molecular weight is 573 g/mol. The third-order valence-electron chi connectivity index (χ3n) is 6.33. The Labute approximate surface area is 204 Å². The summed E-state index contributed by atoms with van der Waals surface area (Å²) < 4.78 is 43.7. The third kappa shape index (κ3) is 5.70. The molecule has 1 unspecified atom stereocenters. The predicted octanol–water partition coefficient (Wildman–Crippen LogP) is 3.22. The molecule has 9 heteroatoms. The van der Waals surface area contributed by atoms with Gasteiger partial charge in [-0.2, -0.15) is 0 Å². The maximum absolute atomic E-state index is 14.7. The van der Waals surface area contributed by atoms with Gasteiger partial charge in [-0.3, -0.25) is 4.79 Å². The summed E-state index contributed by atoms with van der Waals surface area (Å²) in [7, 11) is 0. The van der Waals surface area contributed by atoms with Crippen molar-refractivity contribution in [3.63, 3.8) is 0 Å². The maximum atomic E-state index is 14.7. The number of hydrogen-bond donors (Lipinski definition) is 3. The quantitative estimate of drug-likeness (QED) is 0.465. The Bertz CT molecular complexity index is 1020. The Morgan fingerprint density at radius 2 is 1.97 bits per heavy atom. The van der Waals surface area contributed by atoms with E-state index in [1.165, 1.54) is 23.1 Å². The van der Waals surface area contributed by atoms with Gasteiger partial charge in [-0.05, 0) is 71.8 Å². The zero-order chi connectivity index (χ0) is 23.6. The van der Waals surface area contributed by atoms with Crippen molar-refractivity contribution in [2.75, 3.05) is 32.7 Å². The van der Waals surface area contributed by atoms with Crippen molar-refractivity contribution in [3.05, 3.63) is 68.0 Å². The summed E-state index contributed by atoms with van der Waals surface area (Å²) in [4.78, 5) is 14.5. The highest BCUT2D eigenvalue weighted by Crippen LogP contribution is 2.28. The lowest BCUT2D eigenvalue weighted by Crippen LogP contribution is -2.68. The molecule has 178 valence electrons. The number of carbonyl (C=O) groups excluding carboxylic acids is 1. The molecule has 0 radical (unpaired) electrons. The molecule has 0 saturated carbocycles. The van der Waals surface area contributed by atoms with Crippen LogP contribution in [0.3, 0.4) is 0 Å². The number of benzene rings is 2. The van der Waals surface area contributed by atoms with Gasteiger partial charge in [0.1, 0.15) is 11.4 Å². The van der Waals surface area contributed by atoms with Crippen LogP contribution in [0.1, 0.15) is 40.7 Å². The van der Waals surface area contributed by atoms with Crippen LogP contribution < -0.4 is 10.6 Å². The Balaban J connectivity index is 1.45. The van der Waals surface area contributed by atoms with Gasteiger partial charge in [0.15, 0.2) is 11.6 Å². The highest BCUT2D eigenvalue weighted by Gasteiger charge is 2.44. The third-order valence-corrected chi connectivity index (χ3v) is 7.00. The number of carbonyl (C=O) groups is 1. The van der Waals surface area contributed by atoms with E-state index >= 15 is 0 Å². The number of aliphatic hydroxyl groups is 1. The average Bonchev–Trinajstić information content (AvgIpc) is 3.04. The van der Waals surface area contributed by atoms with Gasteiger partial charge in [0, 0.05) is 40.2 Å². The molecule has 2 aliphatic heterocycles. The molecule has 2 aromatic rings. The molecular weight excluding hydrogens is 546 g/mol. The van der Waals surface area contributed by atoms with E-state index < -0.39 is 29.0 Å². The van der Waals surface area contributed by atoms with Gasteiger partial charge in [-0.1, -0.05) is 12.5 Å². The summed E-state index contributed by atoms with van der Waals surface area (Å²) in [5, 5.41) is 17.5. The van der Waals surface area contributed by atoms with Crippen molar-refractivity contribution >= 4 is 28.5 Å². The Morgan fingerprint density at radius 1 is 1.18 bits per heavy atom. The normalized spacial score (nSPS) is 20.3. The molecule has 5 nitrogen and oxygen atoms in total. The van der Waals surface area contributed by atoms with E-state index in [-0.39, 0.29) is 42.2 Å². The molecule has 2 saturated heterocycles.